The third-order valence-corrected chi connectivity index (χ3v) is 6.22. The minimum absolute atomic E-state index is 0.270. The minimum Gasteiger partial charge on any atom is -0.336 e. The fourth-order valence-corrected chi connectivity index (χ4v) is 4.62. The number of halogens is 2. The lowest BCUT2D eigenvalue weighted by Crippen LogP contribution is -2.37. The Bertz CT molecular complexity index is 1280. The number of fused-ring (bicyclic) bond motifs is 1. The average molecular weight is 447 g/mol. The molecular formula is C26H20ClFN2O2. The largest absolute Gasteiger partial charge is 0.336 e. The van der Waals surface area contributed by atoms with Crippen molar-refractivity contribution in [2.75, 3.05) is 16.3 Å². The van der Waals surface area contributed by atoms with Gasteiger partial charge in [0, 0.05) is 17.3 Å². The van der Waals surface area contributed by atoms with Crippen LogP contribution in [0.5, 0.6) is 0 Å². The average Bonchev–Trinajstić information content (AvgIpc) is 3.05. The number of anilines is 2. The molecule has 0 radical (unpaired) electrons. The standard InChI is InChI=1S/C26H20ClFN2O2/c1-16-8-11-19(27)15-22(16)30-25(31)23(18-9-12-20(28)13-10-18)24(26(30)32)29-14-4-6-17-5-2-3-7-21(17)29/h2-3,5,7-13,15H,4,6,14H2,1H3. The van der Waals surface area contributed by atoms with E-state index < -0.39 is 17.6 Å². The highest BCUT2D eigenvalue weighted by Gasteiger charge is 2.44. The van der Waals surface area contributed by atoms with E-state index in [9.17, 15) is 14.0 Å². The SMILES string of the molecule is Cc1ccc(Cl)cc1N1C(=O)C(c2ccc(F)cc2)=C(N2CCCc3ccccc32)C1=O. The molecule has 32 heavy (non-hydrogen) atoms. The maximum atomic E-state index is 13.8. The number of carbonyl (C=O) groups excluding carboxylic acids is 2. The molecule has 2 aliphatic rings. The lowest BCUT2D eigenvalue weighted by Gasteiger charge is -2.32. The van der Waals surface area contributed by atoms with Crippen LogP contribution in [0.2, 0.25) is 5.02 Å². The molecule has 0 saturated carbocycles. The molecule has 6 heteroatoms. The number of para-hydroxylation sites is 1. The lowest BCUT2D eigenvalue weighted by atomic mass is 9.98. The van der Waals surface area contributed by atoms with Gasteiger partial charge in [0.15, 0.2) is 0 Å². The van der Waals surface area contributed by atoms with Crippen LogP contribution in [0.3, 0.4) is 0 Å². The van der Waals surface area contributed by atoms with Crippen LogP contribution in [0.25, 0.3) is 5.57 Å². The molecule has 4 nitrogen and oxygen atoms in total. The zero-order valence-corrected chi connectivity index (χ0v) is 18.2. The third-order valence-electron chi connectivity index (χ3n) is 5.98. The Morgan fingerprint density at radius 2 is 1.66 bits per heavy atom. The number of imide groups is 1. The van der Waals surface area contributed by atoms with E-state index in [4.69, 9.17) is 11.6 Å². The Kier molecular flexibility index (Phi) is 5.06. The van der Waals surface area contributed by atoms with Gasteiger partial charge in [-0.25, -0.2) is 9.29 Å². The van der Waals surface area contributed by atoms with E-state index in [1.54, 1.807) is 30.3 Å². The summed E-state index contributed by atoms with van der Waals surface area (Å²) in [5.74, 6) is -1.25. The van der Waals surface area contributed by atoms with Gasteiger partial charge in [0.05, 0.1) is 11.3 Å². The van der Waals surface area contributed by atoms with E-state index in [1.807, 2.05) is 36.1 Å². The predicted octanol–water partition coefficient (Wildman–Crippen LogP) is 5.52. The van der Waals surface area contributed by atoms with Crippen molar-refractivity contribution in [1.82, 2.24) is 0 Å². The predicted molar refractivity (Wildman–Crippen MR) is 124 cm³/mol. The fraction of sp³-hybridized carbons (Fsp3) is 0.154. The molecule has 0 aromatic heterocycles. The first kappa shape index (κ1) is 20.5. The maximum Gasteiger partial charge on any atom is 0.282 e. The number of carbonyl (C=O) groups is 2. The van der Waals surface area contributed by atoms with Crippen molar-refractivity contribution >= 4 is 40.4 Å². The van der Waals surface area contributed by atoms with Crippen LogP contribution in [0, 0.1) is 12.7 Å². The Morgan fingerprint density at radius 3 is 2.44 bits per heavy atom. The second-order valence-corrected chi connectivity index (χ2v) is 8.43. The number of hydrogen-bond acceptors (Lipinski definition) is 3. The summed E-state index contributed by atoms with van der Waals surface area (Å²) < 4.78 is 13.6. The molecule has 0 atom stereocenters. The van der Waals surface area contributed by atoms with Gasteiger partial charge in [0.25, 0.3) is 11.8 Å². The van der Waals surface area contributed by atoms with E-state index in [2.05, 4.69) is 0 Å². The van der Waals surface area contributed by atoms with E-state index in [-0.39, 0.29) is 5.57 Å². The summed E-state index contributed by atoms with van der Waals surface area (Å²) in [5.41, 5.74) is 4.34. The topological polar surface area (TPSA) is 40.6 Å². The molecule has 0 fully saturated rings. The first-order valence-corrected chi connectivity index (χ1v) is 10.8. The maximum absolute atomic E-state index is 13.8. The lowest BCUT2D eigenvalue weighted by molar-refractivity contribution is -0.120. The van der Waals surface area contributed by atoms with Crippen molar-refractivity contribution in [3.05, 3.63) is 100.0 Å². The zero-order chi connectivity index (χ0) is 22.4. The molecule has 2 aliphatic heterocycles. The molecule has 3 aromatic carbocycles. The second-order valence-electron chi connectivity index (χ2n) is 7.99. The smallest absolute Gasteiger partial charge is 0.282 e. The Balaban J connectivity index is 1.72. The summed E-state index contributed by atoms with van der Waals surface area (Å²) in [6.07, 6.45) is 1.76. The number of hydrogen-bond donors (Lipinski definition) is 0. The van der Waals surface area contributed by atoms with Gasteiger partial charge in [-0.2, -0.15) is 0 Å². The van der Waals surface area contributed by atoms with Crippen molar-refractivity contribution < 1.29 is 14.0 Å². The first-order valence-electron chi connectivity index (χ1n) is 10.5. The third kappa shape index (κ3) is 3.30. The molecule has 3 aromatic rings. The monoisotopic (exact) mass is 446 g/mol. The summed E-state index contributed by atoms with van der Waals surface area (Å²) in [7, 11) is 0. The minimum atomic E-state index is -0.440. The molecule has 2 amide bonds. The van der Waals surface area contributed by atoms with E-state index in [1.165, 1.54) is 17.0 Å². The molecule has 5 rings (SSSR count). The fourth-order valence-electron chi connectivity index (χ4n) is 4.45. The van der Waals surface area contributed by atoms with Gasteiger partial charge in [0.1, 0.15) is 11.5 Å². The van der Waals surface area contributed by atoms with E-state index in [0.29, 0.717) is 28.5 Å². The zero-order valence-electron chi connectivity index (χ0n) is 17.4. The van der Waals surface area contributed by atoms with Crippen molar-refractivity contribution in [2.45, 2.75) is 19.8 Å². The molecule has 0 unspecified atom stereocenters. The van der Waals surface area contributed by atoms with Crippen LogP contribution in [-0.4, -0.2) is 18.4 Å². The van der Waals surface area contributed by atoms with Crippen molar-refractivity contribution in [2.24, 2.45) is 0 Å². The van der Waals surface area contributed by atoms with Crippen LogP contribution in [0.15, 0.2) is 72.4 Å². The van der Waals surface area contributed by atoms with Crippen LogP contribution in [0.4, 0.5) is 15.8 Å². The molecule has 0 spiro atoms. The van der Waals surface area contributed by atoms with E-state index >= 15 is 0 Å². The summed E-state index contributed by atoms with van der Waals surface area (Å²) >= 11 is 6.20. The van der Waals surface area contributed by atoms with Crippen molar-refractivity contribution in [1.29, 1.82) is 0 Å². The first-order chi connectivity index (χ1) is 15.5. The van der Waals surface area contributed by atoms with Crippen LogP contribution in [-0.2, 0) is 16.0 Å². The number of nitrogens with zero attached hydrogens (tertiary/aromatic N) is 2. The van der Waals surface area contributed by atoms with Gasteiger partial charge < -0.3 is 4.90 Å². The van der Waals surface area contributed by atoms with E-state index in [0.717, 1.165) is 29.7 Å². The van der Waals surface area contributed by atoms with Gasteiger partial charge in [-0.1, -0.05) is 48.0 Å². The summed E-state index contributed by atoms with van der Waals surface area (Å²) in [6, 6.07) is 18.7. The number of amides is 2. The van der Waals surface area contributed by atoms with Crippen LogP contribution in [0.1, 0.15) is 23.1 Å². The molecule has 0 N–H and O–H groups in total. The number of benzene rings is 3. The van der Waals surface area contributed by atoms with Gasteiger partial charge in [-0.3, -0.25) is 9.59 Å². The van der Waals surface area contributed by atoms with Crippen molar-refractivity contribution in [3.8, 4) is 0 Å². The Morgan fingerprint density at radius 1 is 0.906 bits per heavy atom. The Hall–Kier alpha value is -3.44. The number of aryl methyl sites for hydroxylation is 2. The quantitative estimate of drug-likeness (QED) is 0.497. The normalized spacial score (nSPS) is 16.1. The molecule has 0 bridgehead atoms. The molecular weight excluding hydrogens is 427 g/mol. The number of rotatable bonds is 3. The second kappa shape index (κ2) is 7.92. The van der Waals surface area contributed by atoms with Crippen molar-refractivity contribution in [3.63, 3.8) is 0 Å². The highest BCUT2D eigenvalue weighted by atomic mass is 35.5. The van der Waals surface area contributed by atoms with Gasteiger partial charge in [0.2, 0.25) is 0 Å². The van der Waals surface area contributed by atoms with Gasteiger partial charge in [-0.05, 0) is 66.8 Å². The Labute approximate surface area is 190 Å². The molecule has 0 aliphatic carbocycles. The highest BCUT2D eigenvalue weighted by Crippen LogP contribution is 2.40. The molecule has 160 valence electrons. The summed E-state index contributed by atoms with van der Waals surface area (Å²) in [4.78, 5) is 30.7. The van der Waals surface area contributed by atoms with Crippen LogP contribution < -0.4 is 9.80 Å². The molecule has 0 saturated heterocycles. The summed E-state index contributed by atoms with van der Waals surface area (Å²) in [6.45, 7) is 2.44. The molecule has 2 heterocycles. The highest BCUT2D eigenvalue weighted by molar-refractivity contribution is 6.46. The van der Waals surface area contributed by atoms with Gasteiger partial charge >= 0.3 is 0 Å². The van der Waals surface area contributed by atoms with Crippen LogP contribution >= 0.6 is 11.6 Å². The summed E-state index contributed by atoms with van der Waals surface area (Å²) in [5, 5.41) is 0.436. The van der Waals surface area contributed by atoms with Gasteiger partial charge in [-0.15, -0.1) is 0 Å².